The zero-order chi connectivity index (χ0) is 32.7. The second kappa shape index (κ2) is 23.4. The third kappa shape index (κ3) is 27.3. The molecule has 0 heterocycles. The van der Waals surface area contributed by atoms with Gasteiger partial charge in [-0.3, -0.25) is 19.2 Å². The minimum Gasteiger partial charge on any atom is -0.459 e. The topological polar surface area (TPSA) is 157 Å². The van der Waals surface area contributed by atoms with Gasteiger partial charge in [0.2, 0.25) is 0 Å². The Balaban J connectivity index is 3.68. The highest BCUT2D eigenvalue weighted by Gasteiger charge is 2.27. The lowest BCUT2D eigenvalue weighted by atomic mass is 10.1. The number of ether oxygens (including phenoxy) is 7. The van der Waals surface area contributed by atoms with Crippen molar-refractivity contribution in [2.75, 3.05) is 79.2 Å². The second-order valence-electron chi connectivity index (χ2n) is 12.0. The monoisotopic (exact) mass is 620 g/mol. The Hall–Kier alpha value is -2.00. The lowest BCUT2D eigenvalue weighted by molar-refractivity contribution is -0.159. The molecule has 2 N–H and O–H groups in total. The number of Topliss-reactive ketones (excluding diaryl/α,β-unsaturated/α-hetero) is 2. The fourth-order valence-electron chi connectivity index (χ4n) is 3.39. The van der Waals surface area contributed by atoms with E-state index in [1.54, 1.807) is 41.5 Å². The maximum absolute atomic E-state index is 12.3. The maximum atomic E-state index is 12.3. The molecule has 0 radical (unpaired) electrons. The Labute approximate surface area is 257 Å². The first-order valence-electron chi connectivity index (χ1n) is 14.9. The lowest BCUT2D eigenvalue weighted by Gasteiger charge is -2.24. The predicted molar refractivity (Wildman–Crippen MR) is 160 cm³/mol. The summed E-state index contributed by atoms with van der Waals surface area (Å²) in [7, 11) is 0. The van der Waals surface area contributed by atoms with E-state index >= 15 is 0 Å². The summed E-state index contributed by atoms with van der Waals surface area (Å²) in [5, 5.41) is 6.03. The van der Waals surface area contributed by atoms with Crippen molar-refractivity contribution in [3.05, 3.63) is 0 Å². The van der Waals surface area contributed by atoms with E-state index in [-0.39, 0.29) is 24.4 Å². The van der Waals surface area contributed by atoms with Crippen LogP contribution in [0.4, 0.5) is 0 Å². The molecule has 43 heavy (non-hydrogen) atoms. The molecule has 0 aliphatic carbocycles. The van der Waals surface area contributed by atoms with E-state index < -0.39 is 35.2 Å². The molecule has 0 aromatic rings. The average molecular weight is 621 g/mol. The minimum absolute atomic E-state index is 0.0671. The van der Waals surface area contributed by atoms with Gasteiger partial charge in [-0.2, -0.15) is 0 Å². The summed E-state index contributed by atoms with van der Waals surface area (Å²) >= 11 is 0. The molecule has 0 unspecified atom stereocenters. The average Bonchev–Trinajstić information content (AvgIpc) is 2.86. The molecular formula is C30H56N2O11. The van der Waals surface area contributed by atoms with Crippen molar-refractivity contribution >= 4 is 23.5 Å². The first-order valence-corrected chi connectivity index (χ1v) is 14.9. The molecule has 0 saturated carbocycles. The molecule has 0 aliphatic heterocycles. The number of ketones is 2. The molecule has 0 aromatic heterocycles. The van der Waals surface area contributed by atoms with E-state index in [1.807, 2.05) is 0 Å². The molecule has 252 valence electrons. The van der Waals surface area contributed by atoms with E-state index in [0.29, 0.717) is 79.2 Å². The van der Waals surface area contributed by atoms with Gasteiger partial charge in [-0.05, 0) is 55.4 Å². The first kappa shape index (κ1) is 41.0. The summed E-state index contributed by atoms with van der Waals surface area (Å²) in [5.74, 6) is -1.10. The summed E-state index contributed by atoms with van der Waals surface area (Å²) < 4.78 is 38.1. The number of carbonyl (C=O) groups is 4. The highest BCUT2D eigenvalue weighted by atomic mass is 16.6. The number of carbonyl (C=O) groups excluding carboxylic acids is 4. The Kier molecular flexibility index (Phi) is 22.3. The van der Waals surface area contributed by atoms with Crippen molar-refractivity contribution in [3.8, 4) is 0 Å². The Morgan fingerprint density at radius 3 is 0.977 bits per heavy atom. The van der Waals surface area contributed by atoms with Crippen molar-refractivity contribution in [2.45, 2.75) is 91.5 Å². The normalized spacial score (nSPS) is 13.4. The zero-order valence-electron chi connectivity index (χ0n) is 27.5. The molecule has 13 nitrogen and oxygen atoms in total. The van der Waals surface area contributed by atoms with Crippen LogP contribution in [0.15, 0.2) is 0 Å². The standard InChI is InChI=1S/C30H56N2O11/c1-23(33)21-25(27(35)42-29(3,4)5)31-9-11-37-13-15-39-17-19-41-20-18-40-16-14-38-12-10-32-26(22-24(2)34)28(36)43-30(6,7)8/h25-26,31-32H,9-22H2,1-8H3/t25-,26-/m0/s1. The van der Waals surface area contributed by atoms with Crippen molar-refractivity contribution in [3.63, 3.8) is 0 Å². The van der Waals surface area contributed by atoms with Crippen molar-refractivity contribution in [2.24, 2.45) is 0 Å². The first-order chi connectivity index (χ1) is 20.1. The molecule has 0 aliphatic rings. The van der Waals surface area contributed by atoms with Crippen LogP contribution in [0.1, 0.15) is 68.2 Å². The van der Waals surface area contributed by atoms with Gasteiger partial charge in [0.1, 0.15) is 34.9 Å². The highest BCUT2D eigenvalue weighted by Crippen LogP contribution is 2.11. The Bertz CT molecular complexity index is 730. The molecule has 0 bridgehead atoms. The van der Waals surface area contributed by atoms with Crippen LogP contribution in [-0.2, 0) is 52.3 Å². The van der Waals surface area contributed by atoms with E-state index in [2.05, 4.69) is 10.6 Å². The number of rotatable bonds is 26. The fraction of sp³-hybridized carbons (Fsp3) is 0.867. The highest BCUT2D eigenvalue weighted by molar-refractivity contribution is 5.85. The molecule has 0 aromatic carbocycles. The van der Waals surface area contributed by atoms with Crippen molar-refractivity contribution in [1.29, 1.82) is 0 Å². The van der Waals surface area contributed by atoms with Gasteiger partial charge in [0.25, 0.3) is 0 Å². The summed E-state index contributed by atoms with van der Waals surface area (Å²) in [6.45, 7) is 18.4. The van der Waals surface area contributed by atoms with Crippen LogP contribution in [-0.4, -0.2) is 126 Å². The third-order valence-corrected chi connectivity index (χ3v) is 5.13. The Morgan fingerprint density at radius 1 is 0.488 bits per heavy atom. The van der Waals surface area contributed by atoms with Gasteiger partial charge in [0, 0.05) is 25.9 Å². The fourth-order valence-corrected chi connectivity index (χ4v) is 3.39. The molecule has 2 atom stereocenters. The van der Waals surface area contributed by atoms with Gasteiger partial charge in [-0.25, -0.2) is 0 Å². The van der Waals surface area contributed by atoms with Crippen LogP contribution < -0.4 is 10.6 Å². The SMILES string of the molecule is CC(=O)C[C@H](NCCOCCOCCOCCOCCOCCN[C@@H](CC(C)=O)C(=O)OC(C)(C)C)C(=O)OC(C)(C)C. The van der Waals surface area contributed by atoms with E-state index in [0.717, 1.165) is 0 Å². The molecule has 0 amide bonds. The summed E-state index contributed by atoms with van der Waals surface area (Å²) in [4.78, 5) is 47.4. The summed E-state index contributed by atoms with van der Waals surface area (Å²) in [6.07, 6.45) is 0.134. The quantitative estimate of drug-likeness (QED) is 0.106. The second-order valence-corrected chi connectivity index (χ2v) is 12.0. The maximum Gasteiger partial charge on any atom is 0.324 e. The molecule has 13 heteroatoms. The summed E-state index contributed by atoms with van der Waals surface area (Å²) in [5.41, 5.74) is -1.24. The van der Waals surface area contributed by atoms with Gasteiger partial charge in [-0.15, -0.1) is 0 Å². The van der Waals surface area contributed by atoms with E-state index in [4.69, 9.17) is 33.2 Å². The third-order valence-electron chi connectivity index (χ3n) is 5.13. The van der Waals surface area contributed by atoms with Crippen LogP contribution in [0.5, 0.6) is 0 Å². The van der Waals surface area contributed by atoms with E-state index in [9.17, 15) is 19.2 Å². The van der Waals surface area contributed by atoms with Gasteiger partial charge < -0.3 is 43.8 Å². The predicted octanol–water partition coefficient (Wildman–Crippen LogP) is 1.63. The molecule has 0 saturated heterocycles. The number of esters is 2. The minimum atomic E-state index is -0.697. The van der Waals surface area contributed by atoms with Crippen LogP contribution in [0.25, 0.3) is 0 Å². The van der Waals surface area contributed by atoms with Crippen molar-refractivity contribution in [1.82, 2.24) is 10.6 Å². The lowest BCUT2D eigenvalue weighted by Crippen LogP contribution is -2.43. The van der Waals surface area contributed by atoms with Gasteiger partial charge in [0.15, 0.2) is 0 Å². The largest absolute Gasteiger partial charge is 0.459 e. The van der Waals surface area contributed by atoms with Crippen LogP contribution >= 0.6 is 0 Å². The zero-order valence-corrected chi connectivity index (χ0v) is 27.5. The number of hydrogen-bond acceptors (Lipinski definition) is 13. The molecule has 0 fully saturated rings. The molecular weight excluding hydrogens is 564 g/mol. The van der Waals surface area contributed by atoms with E-state index in [1.165, 1.54) is 13.8 Å². The molecule has 0 rings (SSSR count). The van der Waals surface area contributed by atoms with Crippen LogP contribution in [0, 0.1) is 0 Å². The van der Waals surface area contributed by atoms with Crippen LogP contribution in [0.3, 0.4) is 0 Å². The van der Waals surface area contributed by atoms with Gasteiger partial charge >= 0.3 is 11.9 Å². The van der Waals surface area contributed by atoms with Gasteiger partial charge in [0.05, 0.1) is 66.1 Å². The van der Waals surface area contributed by atoms with Crippen LogP contribution in [0.2, 0.25) is 0 Å². The molecule has 0 spiro atoms. The number of nitrogens with one attached hydrogen (secondary N) is 2. The van der Waals surface area contributed by atoms with Gasteiger partial charge in [-0.1, -0.05) is 0 Å². The summed E-state index contributed by atoms with van der Waals surface area (Å²) in [6, 6.07) is -1.39. The number of hydrogen-bond donors (Lipinski definition) is 2. The smallest absolute Gasteiger partial charge is 0.324 e. The Morgan fingerprint density at radius 2 is 0.744 bits per heavy atom. The van der Waals surface area contributed by atoms with Crippen molar-refractivity contribution < 1.29 is 52.3 Å².